The highest BCUT2D eigenvalue weighted by atomic mass is 19.4. The number of nitrogens with zero attached hydrogens (tertiary/aromatic N) is 6. The maximum Gasteiger partial charge on any atom is 0.435 e. The minimum absolute atomic E-state index is 0.0774. The number of aromatic nitrogens is 6. The SMILES string of the molecule is Cc1cc(C(F)(F)F)nn1CC(=O)Nc1cnc(-n2cnc(C3NCCC3(F)F)n2)c(F)c1. The Morgan fingerprint density at radius 3 is 2.64 bits per heavy atom. The van der Waals surface area contributed by atoms with E-state index in [1.807, 2.05) is 0 Å². The Bertz CT molecular complexity index is 1190. The quantitative estimate of drug-likeness (QED) is 0.552. The van der Waals surface area contributed by atoms with Crippen LogP contribution in [-0.2, 0) is 17.5 Å². The minimum atomic E-state index is -4.65. The van der Waals surface area contributed by atoms with Crippen LogP contribution in [0.3, 0.4) is 0 Å². The Hall–Kier alpha value is -3.49. The summed E-state index contributed by atoms with van der Waals surface area (Å²) in [6.45, 7) is 0.901. The highest BCUT2D eigenvalue weighted by Gasteiger charge is 2.47. The molecule has 15 heteroatoms. The fourth-order valence-electron chi connectivity index (χ4n) is 3.28. The second-order valence-electron chi connectivity index (χ2n) is 7.35. The highest BCUT2D eigenvalue weighted by molar-refractivity contribution is 5.90. The Labute approximate surface area is 181 Å². The van der Waals surface area contributed by atoms with Crippen LogP contribution in [0.25, 0.3) is 5.82 Å². The van der Waals surface area contributed by atoms with E-state index in [0.29, 0.717) is 0 Å². The summed E-state index contributed by atoms with van der Waals surface area (Å²) in [6, 6.07) is 0.303. The largest absolute Gasteiger partial charge is 0.435 e. The summed E-state index contributed by atoms with van der Waals surface area (Å²) in [4.78, 5) is 19.8. The second-order valence-corrected chi connectivity index (χ2v) is 7.35. The number of aryl methyl sites for hydroxylation is 1. The maximum absolute atomic E-state index is 14.5. The van der Waals surface area contributed by atoms with Gasteiger partial charge in [0.05, 0.1) is 11.9 Å². The van der Waals surface area contributed by atoms with Gasteiger partial charge in [-0.25, -0.2) is 23.1 Å². The van der Waals surface area contributed by atoms with Crippen LogP contribution in [0.5, 0.6) is 0 Å². The van der Waals surface area contributed by atoms with Gasteiger partial charge < -0.3 is 10.6 Å². The number of anilines is 1. The number of amides is 1. The zero-order valence-corrected chi connectivity index (χ0v) is 16.9. The Balaban J connectivity index is 1.45. The smallest absolute Gasteiger partial charge is 0.323 e. The molecular weight excluding hydrogens is 458 g/mol. The van der Waals surface area contributed by atoms with Gasteiger partial charge in [-0.05, 0) is 13.0 Å². The van der Waals surface area contributed by atoms with Crippen molar-refractivity contribution in [2.45, 2.75) is 38.0 Å². The molecule has 0 aliphatic carbocycles. The molecule has 33 heavy (non-hydrogen) atoms. The van der Waals surface area contributed by atoms with Gasteiger partial charge in [0.2, 0.25) is 5.91 Å². The molecule has 1 unspecified atom stereocenters. The van der Waals surface area contributed by atoms with Gasteiger partial charge in [-0.2, -0.15) is 23.0 Å². The molecule has 1 atom stereocenters. The predicted octanol–water partition coefficient (Wildman–Crippen LogP) is 2.63. The van der Waals surface area contributed by atoms with Gasteiger partial charge in [0.25, 0.3) is 5.92 Å². The van der Waals surface area contributed by atoms with Crippen LogP contribution in [0.2, 0.25) is 0 Å². The molecule has 0 spiro atoms. The number of pyridine rings is 1. The molecule has 0 radical (unpaired) electrons. The molecule has 1 saturated heterocycles. The lowest BCUT2D eigenvalue weighted by molar-refractivity contribution is -0.141. The van der Waals surface area contributed by atoms with E-state index in [2.05, 4.69) is 30.8 Å². The second kappa shape index (κ2) is 8.13. The molecular formula is C18H16F6N8O. The van der Waals surface area contributed by atoms with Crippen molar-refractivity contribution in [3.8, 4) is 5.82 Å². The Morgan fingerprint density at radius 2 is 2.03 bits per heavy atom. The van der Waals surface area contributed by atoms with E-state index in [1.165, 1.54) is 6.92 Å². The van der Waals surface area contributed by atoms with Gasteiger partial charge >= 0.3 is 6.18 Å². The number of carbonyl (C=O) groups excluding carboxylic acids is 1. The highest BCUT2D eigenvalue weighted by Crippen LogP contribution is 2.36. The van der Waals surface area contributed by atoms with Crippen molar-refractivity contribution in [1.29, 1.82) is 0 Å². The standard InChI is InChI=1S/C18H16F6N8O/c1-9-4-12(18(22,23)24)29-31(9)7-13(33)28-10-5-11(19)16(26-6-10)32-8-27-15(30-32)14-17(20,21)2-3-25-14/h4-6,8,14,25H,2-3,7H2,1H3,(H,28,33). The Kier molecular flexibility index (Phi) is 5.59. The van der Waals surface area contributed by atoms with Crippen molar-refractivity contribution in [3.05, 3.63) is 47.7 Å². The van der Waals surface area contributed by atoms with Crippen molar-refractivity contribution in [3.63, 3.8) is 0 Å². The molecule has 0 aromatic carbocycles. The lowest BCUT2D eigenvalue weighted by Crippen LogP contribution is -2.27. The molecule has 4 rings (SSSR count). The van der Waals surface area contributed by atoms with E-state index in [1.54, 1.807) is 0 Å². The normalized spacial score (nSPS) is 18.0. The van der Waals surface area contributed by atoms with Crippen molar-refractivity contribution in [2.75, 3.05) is 11.9 Å². The zero-order valence-electron chi connectivity index (χ0n) is 16.9. The molecule has 3 aromatic heterocycles. The van der Waals surface area contributed by atoms with Gasteiger partial charge in [0.15, 0.2) is 23.2 Å². The summed E-state index contributed by atoms with van der Waals surface area (Å²) >= 11 is 0. The maximum atomic E-state index is 14.5. The first-order valence-corrected chi connectivity index (χ1v) is 9.54. The first kappa shape index (κ1) is 22.7. The fourth-order valence-corrected chi connectivity index (χ4v) is 3.28. The number of hydrogen-bond donors (Lipinski definition) is 2. The zero-order chi connectivity index (χ0) is 24.0. The molecule has 1 aliphatic heterocycles. The average Bonchev–Trinajstić information content (AvgIpc) is 3.40. The summed E-state index contributed by atoms with van der Waals surface area (Å²) in [5.41, 5.74) is -1.10. The van der Waals surface area contributed by atoms with Crippen molar-refractivity contribution >= 4 is 11.6 Å². The van der Waals surface area contributed by atoms with E-state index in [9.17, 15) is 31.1 Å². The van der Waals surface area contributed by atoms with Gasteiger partial charge in [-0.15, -0.1) is 5.10 Å². The van der Waals surface area contributed by atoms with Crippen LogP contribution in [0, 0.1) is 12.7 Å². The summed E-state index contributed by atoms with van der Waals surface area (Å²) < 4.78 is 82.2. The van der Waals surface area contributed by atoms with E-state index >= 15 is 0 Å². The number of halogens is 6. The van der Waals surface area contributed by atoms with E-state index in [4.69, 9.17) is 0 Å². The first-order chi connectivity index (χ1) is 15.4. The summed E-state index contributed by atoms with van der Waals surface area (Å²) in [5.74, 6) is -5.30. The third-order valence-corrected chi connectivity index (χ3v) is 4.88. The molecule has 3 aromatic rings. The van der Waals surface area contributed by atoms with Gasteiger partial charge in [0, 0.05) is 24.7 Å². The van der Waals surface area contributed by atoms with Crippen molar-refractivity contribution in [1.82, 2.24) is 34.8 Å². The molecule has 1 aliphatic rings. The lowest BCUT2D eigenvalue weighted by atomic mass is 10.1. The fraction of sp³-hybridized carbons (Fsp3) is 0.389. The average molecular weight is 474 g/mol. The number of carbonyl (C=O) groups is 1. The monoisotopic (exact) mass is 474 g/mol. The van der Waals surface area contributed by atoms with Crippen LogP contribution in [0.4, 0.5) is 32.0 Å². The molecule has 0 saturated carbocycles. The van der Waals surface area contributed by atoms with Crippen molar-refractivity contribution in [2.24, 2.45) is 0 Å². The topological polar surface area (TPSA) is 103 Å². The van der Waals surface area contributed by atoms with Crippen LogP contribution in [0.15, 0.2) is 24.7 Å². The van der Waals surface area contributed by atoms with Crippen molar-refractivity contribution < 1.29 is 31.1 Å². The van der Waals surface area contributed by atoms with Gasteiger partial charge in [-0.3, -0.25) is 9.48 Å². The van der Waals surface area contributed by atoms with Crippen LogP contribution < -0.4 is 10.6 Å². The first-order valence-electron chi connectivity index (χ1n) is 9.54. The summed E-state index contributed by atoms with van der Waals surface area (Å²) in [5, 5.41) is 12.1. The lowest BCUT2D eigenvalue weighted by Gasteiger charge is -2.15. The minimum Gasteiger partial charge on any atom is -0.323 e. The molecule has 1 fully saturated rings. The van der Waals surface area contributed by atoms with Crippen LogP contribution >= 0.6 is 0 Å². The summed E-state index contributed by atoms with van der Waals surface area (Å²) in [6.07, 6.45) is -2.91. The molecule has 9 nitrogen and oxygen atoms in total. The van der Waals surface area contributed by atoms with E-state index in [0.717, 1.165) is 34.0 Å². The van der Waals surface area contributed by atoms with E-state index in [-0.39, 0.29) is 36.0 Å². The molecule has 176 valence electrons. The number of hydrogen-bond acceptors (Lipinski definition) is 6. The van der Waals surface area contributed by atoms with E-state index < -0.39 is 42.1 Å². The van der Waals surface area contributed by atoms with Crippen LogP contribution in [-0.4, -0.2) is 47.9 Å². The molecule has 0 bridgehead atoms. The number of rotatable bonds is 5. The third kappa shape index (κ3) is 4.67. The third-order valence-electron chi connectivity index (χ3n) is 4.88. The Morgan fingerprint density at radius 1 is 1.27 bits per heavy atom. The molecule has 4 heterocycles. The number of nitrogens with one attached hydrogen (secondary N) is 2. The molecule has 1 amide bonds. The number of alkyl halides is 5. The predicted molar refractivity (Wildman–Crippen MR) is 100 cm³/mol. The van der Waals surface area contributed by atoms with Crippen LogP contribution in [0.1, 0.15) is 29.7 Å². The van der Waals surface area contributed by atoms with Gasteiger partial charge in [0.1, 0.15) is 18.9 Å². The summed E-state index contributed by atoms with van der Waals surface area (Å²) in [7, 11) is 0. The van der Waals surface area contributed by atoms with Gasteiger partial charge in [-0.1, -0.05) is 0 Å². The molecule has 2 N–H and O–H groups in total.